The number of ether oxygens (including phenoxy) is 2. The van der Waals surface area contributed by atoms with Crippen molar-refractivity contribution in [3.05, 3.63) is 94.7 Å². The number of carbonyl (C=O) groups excluding carboxylic acids is 2. The number of fused-ring (bicyclic) bond motifs is 1. The summed E-state index contributed by atoms with van der Waals surface area (Å²) < 4.78 is 11.3. The van der Waals surface area contributed by atoms with Crippen molar-refractivity contribution < 1.29 is 19.1 Å². The van der Waals surface area contributed by atoms with E-state index in [-0.39, 0.29) is 17.5 Å². The Kier molecular flexibility index (Phi) is 5.80. The van der Waals surface area contributed by atoms with Crippen LogP contribution in [0.1, 0.15) is 22.3 Å². The summed E-state index contributed by atoms with van der Waals surface area (Å²) in [4.78, 5) is 28.4. The van der Waals surface area contributed by atoms with Gasteiger partial charge in [0, 0.05) is 18.3 Å². The quantitative estimate of drug-likeness (QED) is 0.555. The van der Waals surface area contributed by atoms with E-state index in [4.69, 9.17) is 9.47 Å². The summed E-state index contributed by atoms with van der Waals surface area (Å²) >= 11 is 0. The molecule has 0 radical (unpaired) electrons. The first-order valence-corrected chi connectivity index (χ1v) is 11.4. The Balaban J connectivity index is 1.49. The molecule has 0 spiro atoms. The zero-order valence-corrected chi connectivity index (χ0v) is 19.3. The molecule has 0 aromatic heterocycles. The Hall–Kier alpha value is -4.06. The molecule has 0 aliphatic carbocycles. The smallest absolute Gasteiger partial charge is 0.278 e. The number of aryl methyl sites for hydroxylation is 2. The van der Waals surface area contributed by atoms with Crippen LogP contribution in [0.3, 0.4) is 0 Å². The first-order valence-electron chi connectivity index (χ1n) is 11.4. The summed E-state index contributed by atoms with van der Waals surface area (Å²) in [5, 5.41) is 3.21. The van der Waals surface area contributed by atoms with E-state index in [9.17, 15) is 9.59 Å². The molecule has 172 valence electrons. The molecule has 0 fully saturated rings. The van der Waals surface area contributed by atoms with Gasteiger partial charge in [-0.25, -0.2) is 0 Å². The van der Waals surface area contributed by atoms with Gasteiger partial charge in [-0.2, -0.15) is 0 Å². The van der Waals surface area contributed by atoms with Crippen molar-refractivity contribution >= 4 is 23.1 Å². The summed E-state index contributed by atoms with van der Waals surface area (Å²) in [5.41, 5.74) is 5.31. The number of benzene rings is 3. The lowest BCUT2D eigenvalue weighted by atomic mass is 9.99. The predicted octanol–water partition coefficient (Wildman–Crippen LogP) is 4.51. The predicted molar refractivity (Wildman–Crippen MR) is 131 cm³/mol. The van der Waals surface area contributed by atoms with E-state index in [0.29, 0.717) is 48.9 Å². The van der Waals surface area contributed by atoms with Gasteiger partial charge in [-0.3, -0.25) is 14.5 Å². The molecule has 0 saturated carbocycles. The molecule has 2 heterocycles. The molecule has 2 aliphatic heterocycles. The van der Waals surface area contributed by atoms with Crippen molar-refractivity contribution in [1.29, 1.82) is 0 Å². The van der Waals surface area contributed by atoms with Crippen molar-refractivity contribution in [3.63, 3.8) is 0 Å². The fraction of sp³-hybridized carbons (Fsp3) is 0.214. The maximum absolute atomic E-state index is 13.5. The molecule has 1 N–H and O–H groups in total. The molecule has 0 unspecified atom stereocenters. The highest BCUT2D eigenvalue weighted by Gasteiger charge is 2.39. The third kappa shape index (κ3) is 4.15. The van der Waals surface area contributed by atoms with Crippen LogP contribution in [0.15, 0.2) is 72.4 Å². The number of rotatable bonds is 6. The molecule has 34 heavy (non-hydrogen) atoms. The van der Waals surface area contributed by atoms with Crippen molar-refractivity contribution in [1.82, 2.24) is 4.90 Å². The third-order valence-corrected chi connectivity index (χ3v) is 6.24. The highest BCUT2D eigenvalue weighted by molar-refractivity contribution is 6.36. The van der Waals surface area contributed by atoms with Gasteiger partial charge in [0.25, 0.3) is 11.8 Å². The minimum absolute atomic E-state index is 0.276. The first kappa shape index (κ1) is 21.8. The Morgan fingerprint density at radius 2 is 1.59 bits per heavy atom. The van der Waals surface area contributed by atoms with Gasteiger partial charge < -0.3 is 14.8 Å². The minimum atomic E-state index is -0.330. The van der Waals surface area contributed by atoms with Crippen LogP contribution in [0.25, 0.3) is 5.57 Å². The van der Waals surface area contributed by atoms with E-state index in [2.05, 4.69) is 5.32 Å². The van der Waals surface area contributed by atoms with E-state index in [1.807, 2.05) is 74.5 Å². The standard InChI is InChI=1S/C28H26N2O4/c1-18-8-9-21(16-19(18)2)25-26(29-22-10-11-23-24(17-22)34-15-14-33-23)28(32)30(27(25)31)13-12-20-6-4-3-5-7-20/h3-11,16-17,29H,12-15H2,1-2H3. The molecule has 0 bridgehead atoms. The molecular weight excluding hydrogens is 428 g/mol. The largest absolute Gasteiger partial charge is 0.486 e. The zero-order valence-electron chi connectivity index (χ0n) is 19.3. The van der Waals surface area contributed by atoms with Crippen molar-refractivity contribution in [2.24, 2.45) is 0 Å². The molecule has 3 aromatic carbocycles. The fourth-order valence-corrected chi connectivity index (χ4v) is 4.21. The van der Waals surface area contributed by atoms with Crippen molar-refractivity contribution in [2.75, 3.05) is 25.1 Å². The van der Waals surface area contributed by atoms with Gasteiger partial charge in [-0.15, -0.1) is 0 Å². The van der Waals surface area contributed by atoms with Gasteiger partial charge in [-0.1, -0.05) is 48.5 Å². The Morgan fingerprint density at radius 3 is 2.35 bits per heavy atom. The maximum Gasteiger partial charge on any atom is 0.278 e. The van der Waals surface area contributed by atoms with Crippen LogP contribution in [-0.4, -0.2) is 36.5 Å². The summed E-state index contributed by atoms with van der Waals surface area (Å²) in [6, 6.07) is 21.1. The lowest BCUT2D eigenvalue weighted by Gasteiger charge is -2.19. The fourth-order valence-electron chi connectivity index (χ4n) is 4.21. The zero-order chi connectivity index (χ0) is 23.7. The summed E-state index contributed by atoms with van der Waals surface area (Å²) in [6.07, 6.45) is 0.593. The van der Waals surface area contributed by atoms with Crippen LogP contribution < -0.4 is 14.8 Å². The van der Waals surface area contributed by atoms with Crippen LogP contribution in [0.2, 0.25) is 0 Å². The molecule has 5 rings (SSSR count). The summed E-state index contributed by atoms with van der Waals surface area (Å²) in [7, 11) is 0. The molecule has 0 atom stereocenters. The second kappa shape index (κ2) is 9.06. The summed E-state index contributed by atoms with van der Waals surface area (Å²) in [5.74, 6) is 0.661. The van der Waals surface area contributed by atoms with Gasteiger partial charge in [0.2, 0.25) is 0 Å². The monoisotopic (exact) mass is 454 g/mol. The van der Waals surface area contributed by atoms with Gasteiger partial charge in [-0.05, 0) is 54.7 Å². The normalized spacial score (nSPS) is 15.2. The maximum atomic E-state index is 13.5. The van der Waals surface area contributed by atoms with E-state index < -0.39 is 0 Å². The highest BCUT2D eigenvalue weighted by Crippen LogP contribution is 2.36. The lowest BCUT2D eigenvalue weighted by molar-refractivity contribution is -0.136. The van der Waals surface area contributed by atoms with E-state index in [1.54, 1.807) is 6.07 Å². The molecule has 2 aliphatic rings. The molecule has 2 amide bonds. The van der Waals surface area contributed by atoms with E-state index in [1.165, 1.54) is 4.90 Å². The Morgan fingerprint density at radius 1 is 0.824 bits per heavy atom. The SMILES string of the molecule is Cc1ccc(C2=C(Nc3ccc4c(c3)OCCO4)C(=O)N(CCc3ccccc3)C2=O)cc1C. The summed E-state index contributed by atoms with van der Waals surface area (Å²) in [6.45, 7) is 5.31. The number of nitrogens with one attached hydrogen (secondary N) is 1. The Labute approximate surface area is 198 Å². The van der Waals surface area contributed by atoms with Gasteiger partial charge >= 0.3 is 0 Å². The van der Waals surface area contributed by atoms with E-state index in [0.717, 1.165) is 22.3 Å². The van der Waals surface area contributed by atoms with Crippen molar-refractivity contribution in [3.8, 4) is 11.5 Å². The van der Waals surface area contributed by atoms with Crippen LogP contribution >= 0.6 is 0 Å². The number of carbonyl (C=O) groups is 2. The van der Waals surface area contributed by atoms with Crippen LogP contribution in [-0.2, 0) is 16.0 Å². The number of hydrogen-bond donors (Lipinski definition) is 1. The van der Waals surface area contributed by atoms with Crippen LogP contribution in [0.5, 0.6) is 11.5 Å². The third-order valence-electron chi connectivity index (χ3n) is 6.24. The van der Waals surface area contributed by atoms with Crippen LogP contribution in [0, 0.1) is 13.8 Å². The highest BCUT2D eigenvalue weighted by atomic mass is 16.6. The molecule has 0 saturated heterocycles. The average Bonchev–Trinajstić information content (AvgIpc) is 3.09. The molecule has 6 nitrogen and oxygen atoms in total. The Bertz CT molecular complexity index is 1300. The second-order valence-corrected chi connectivity index (χ2v) is 8.53. The van der Waals surface area contributed by atoms with Crippen molar-refractivity contribution in [2.45, 2.75) is 20.3 Å². The minimum Gasteiger partial charge on any atom is -0.486 e. The first-order chi connectivity index (χ1) is 16.5. The number of nitrogens with zero attached hydrogens (tertiary/aromatic N) is 1. The number of amides is 2. The average molecular weight is 455 g/mol. The van der Waals surface area contributed by atoms with Gasteiger partial charge in [0.1, 0.15) is 18.9 Å². The van der Waals surface area contributed by atoms with E-state index >= 15 is 0 Å². The number of hydrogen-bond acceptors (Lipinski definition) is 5. The van der Waals surface area contributed by atoms with Crippen LogP contribution in [0.4, 0.5) is 5.69 Å². The molecular formula is C28H26N2O4. The van der Waals surface area contributed by atoms with Gasteiger partial charge in [0.15, 0.2) is 11.5 Å². The second-order valence-electron chi connectivity index (χ2n) is 8.53. The topological polar surface area (TPSA) is 67.9 Å². The molecule has 3 aromatic rings. The lowest BCUT2D eigenvalue weighted by Crippen LogP contribution is -2.34. The number of anilines is 1. The number of imide groups is 1. The van der Waals surface area contributed by atoms with Gasteiger partial charge in [0.05, 0.1) is 5.57 Å². The molecule has 6 heteroatoms.